The average molecular weight is 605 g/mol. The van der Waals surface area contributed by atoms with E-state index in [0.29, 0.717) is 11.3 Å². The Kier molecular flexibility index (Phi) is 11.3. The number of aliphatic imine (C=N–C) groups is 1. The van der Waals surface area contributed by atoms with E-state index in [0.717, 1.165) is 32.5 Å². The van der Waals surface area contributed by atoms with Gasteiger partial charge >= 0.3 is 23.9 Å². The summed E-state index contributed by atoms with van der Waals surface area (Å²) in [5, 5.41) is 0.181. The molecule has 42 heavy (non-hydrogen) atoms. The maximum absolute atomic E-state index is 13.3. The molecule has 1 fully saturated rings. The van der Waals surface area contributed by atoms with E-state index in [2.05, 4.69) is 11.6 Å². The second kappa shape index (κ2) is 14.6. The first-order valence-corrected chi connectivity index (χ1v) is 13.7. The zero-order chi connectivity index (χ0) is 31.0. The number of nitrogens with zero attached hydrogens (tertiary/aromatic N) is 2. The van der Waals surface area contributed by atoms with Gasteiger partial charge in [0.1, 0.15) is 24.2 Å². The molecule has 1 saturated heterocycles. The van der Waals surface area contributed by atoms with Crippen LogP contribution >= 0.6 is 11.8 Å². The van der Waals surface area contributed by atoms with Crippen molar-refractivity contribution >= 4 is 52.8 Å². The molecule has 1 aromatic carbocycles. The van der Waals surface area contributed by atoms with Crippen LogP contribution in [-0.2, 0) is 47.7 Å². The summed E-state index contributed by atoms with van der Waals surface area (Å²) < 4.78 is 32.8. The lowest BCUT2D eigenvalue weighted by molar-refractivity contribution is -0.237. The van der Waals surface area contributed by atoms with Gasteiger partial charge in [-0.3, -0.25) is 28.9 Å². The largest absolute Gasteiger partial charge is 0.497 e. The number of hydrogen-bond donors (Lipinski definition) is 0. The van der Waals surface area contributed by atoms with Gasteiger partial charge in [0.15, 0.2) is 28.9 Å². The molecule has 1 aromatic rings. The molecule has 0 radical (unpaired) electrons. The van der Waals surface area contributed by atoms with Gasteiger partial charge in [0.25, 0.3) is 5.91 Å². The molecule has 226 valence electrons. The van der Waals surface area contributed by atoms with Crippen LogP contribution in [0.25, 0.3) is 6.08 Å². The summed E-state index contributed by atoms with van der Waals surface area (Å²) in [6.07, 6.45) is -1.98. The number of rotatable bonds is 10. The fourth-order valence-electron chi connectivity index (χ4n) is 4.16. The van der Waals surface area contributed by atoms with Gasteiger partial charge in [0.2, 0.25) is 0 Å². The van der Waals surface area contributed by atoms with Crippen LogP contribution in [0.3, 0.4) is 0 Å². The second-order valence-corrected chi connectivity index (χ2v) is 10.2. The van der Waals surface area contributed by atoms with Crippen LogP contribution in [-0.4, -0.2) is 90.0 Å². The third kappa shape index (κ3) is 8.42. The van der Waals surface area contributed by atoms with Crippen molar-refractivity contribution in [3.8, 4) is 5.75 Å². The summed E-state index contributed by atoms with van der Waals surface area (Å²) >= 11 is 0.915. The van der Waals surface area contributed by atoms with Crippen molar-refractivity contribution in [3.63, 3.8) is 0 Å². The molecule has 5 unspecified atom stereocenters. The van der Waals surface area contributed by atoms with Crippen molar-refractivity contribution < 1.29 is 52.4 Å². The van der Waals surface area contributed by atoms with E-state index < -0.39 is 59.6 Å². The third-order valence-electron chi connectivity index (χ3n) is 5.81. The highest BCUT2D eigenvalue weighted by Crippen LogP contribution is 2.37. The first-order valence-electron chi connectivity index (χ1n) is 12.8. The molecule has 1 amide bonds. The molecule has 2 aliphatic heterocycles. The van der Waals surface area contributed by atoms with Gasteiger partial charge in [-0.2, -0.15) is 0 Å². The van der Waals surface area contributed by atoms with E-state index in [1.807, 2.05) is 0 Å². The van der Waals surface area contributed by atoms with Crippen LogP contribution in [0, 0.1) is 0 Å². The Morgan fingerprint density at radius 2 is 1.55 bits per heavy atom. The molecule has 0 bridgehead atoms. The predicted molar refractivity (Wildman–Crippen MR) is 150 cm³/mol. The van der Waals surface area contributed by atoms with Gasteiger partial charge in [0.05, 0.1) is 7.11 Å². The summed E-state index contributed by atoms with van der Waals surface area (Å²) in [5.74, 6) is -2.63. The Balaban J connectivity index is 2.03. The van der Waals surface area contributed by atoms with E-state index in [4.69, 9.17) is 28.4 Å². The van der Waals surface area contributed by atoms with Crippen LogP contribution in [0.15, 0.2) is 47.6 Å². The van der Waals surface area contributed by atoms with Crippen molar-refractivity contribution in [1.29, 1.82) is 0 Å². The van der Waals surface area contributed by atoms with Crippen molar-refractivity contribution in [1.82, 2.24) is 4.90 Å². The Morgan fingerprint density at radius 1 is 0.952 bits per heavy atom. The third-order valence-corrected chi connectivity index (χ3v) is 6.95. The molecule has 0 spiro atoms. The van der Waals surface area contributed by atoms with Gasteiger partial charge < -0.3 is 28.4 Å². The highest BCUT2D eigenvalue weighted by Gasteiger charge is 2.53. The minimum atomic E-state index is -1.35. The lowest BCUT2D eigenvalue weighted by Crippen LogP contribution is -2.61. The van der Waals surface area contributed by atoms with Gasteiger partial charge in [-0.25, -0.2) is 4.99 Å². The molecule has 3 rings (SSSR count). The van der Waals surface area contributed by atoms with Gasteiger partial charge in [-0.05, 0) is 23.8 Å². The highest BCUT2D eigenvalue weighted by atomic mass is 32.2. The molecule has 13 nitrogen and oxygen atoms in total. The standard InChI is InChI=1S/C28H32N2O11S/c1-7-12-30-26(35)21(13-19-8-10-20(36-6)11-9-19)29-28(30)42-27-25(40-18(5)34)24(39-17(4)33)23(38-16(3)32)22(41-27)14-37-15(2)31/h7-11,13,22-25,27H,1,12,14H2,2-6H3/b21-13-. The Morgan fingerprint density at radius 3 is 2.10 bits per heavy atom. The number of thioether (sulfide) groups is 1. The van der Waals surface area contributed by atoms with Crippen LogP contribution in [0.1, 0.15) is 33.3 Å². The molecule has 5 atom stereocenters. The van der Waals surface area contributed by atoms with Crippen LogP contribution < -0.4 is 4.74 Å². The van der Waals surface area contributed by atoms with Crippen molar-refractivity contribution in [2.24, 2.45) is 4.99 Å². The number of amidine groups is 1. The summed E-state index contributed by atoms with van der Waals surface area (Å²) in [4.78, 5) is 66.9. The molecule has 0 saturated carbocycles. The normalized spacial score (nSPS) is 24.5. The monoisotopic (exact) mass is 604 g/mol. The molecule has 0 aliphatic carbocycles. The first-order chi connectivity index (χ1) is 19.9. The Labute approximate surface area is 246 Å². The zero-order valence-corrected chi connectivity index (χ0v) is 24.6. The van der Waals surface area contributed by atoms with Crippen LogP contribution in [0.2, 0.25) is 0 Å². The molecule has 0 aromatic heterocycles. The van der Waals surface area contributed by atoms with E-state index in [1.54, 1.807) is 37.5 Å². The van der Waals surface area contributed by atoms with Crippen molar-refractivity contribution in [3.05, 3.63) is 48.2 Å². The maximum Gasteiger partial charge on any atom is 0.303 e. The number of ether oxygens (including phenoxy) is 6. The number of benzene rings is 1. The maximum atomic E-state index is 13.3. The molecular weight excluding hydrogens is 572 g/mol. The lowest BCUT2D eigenvalue weighted by Gasteiger charge is -2.44. The number of carbonyl (C=O) groups is 5. The molecule has 2 heterocycles. The average Bonchev–Trinajstić information content (AvgIpc) is 3.19. The SMILES string of the molecule is C=CCN1C(=O)/C(=C/c2ccc(OC)cc2)N=C1SC1OC(COC(C)=O)C(OC(C)=O)C(OC(C)=O)C1OC(C)=O. The Hall–Kier alpha value is -4.17. The van der Waals surface area contributed by atoms with E-state index in [-0.39, 0.29) is 24.0 Å². The number of carbonyl (C=O) groups excluding carboxylic acids is 5. The number of hydrogen-bond acceptors (Lipinski definition) is 13. The fraction of sp³-hybridized carbons (Fsp3) is 0.429. The molecule has 0 N–H and O–H groups in total. The number of esters is 4. The van der Waals surface area contributed by atoms with Crippen LogP contribution in [0.5, 0.6) is 5.75 Å². The first kappa shape index (κ1) is 32.3. The summed E-state index contributed by atoms with van der Waals surface area (Å²) in [6.45, 7) is 8.03. The topological polar surface area (TPSA) is 156 Å². The van der Waals surface area contributed by atoms with Gasteiger partial charge in [0, 0.05) is 34.2 Å². The highest BCUT2D eigenvalue weighted by molar-refractivity contribution is 8.14. The summed E-state index contributed by atoms with van der Waals surface area (Å²) in [5.41, 5.74) is -0.333. The van der Waals surface area contributed by atoms with Gasteiger partial charge in [-0.15, -0.1) is 6.58 Å². The smallest absolute Gasteiger partial charge is 0.303 e. The minimum absolute atomic E-state index is 0.0931. The second-order valence-electron chi connectivity index (χ2n) is 9.09. The van der Waals surface area contributed by atoms with Crippen LogP contribution in [0.4, 0.5) is 0 Å². The summed E-state index contributed by atoms with van der Waals surface area (Å²) in [6, 6.07) is 7.00. The predicted octanol–water partition coefficient (Wildman–Crippen LogP) is 2.24. The van der Waals surface area contributed by atoms with E-state index in [1.165, 1.54) is 17.9 Å². The summed E-state index contributed by atoms with van der Waals surface area (Å²) in [7, 11) is 1.54. The molecule has 14 heteroatoms. The zero-order valence-electron chi connectivity index (χ0n) is 23.8. The van der Waals surface area contributed by atoms with Crippen molar-refractivity contribution in [2.75, 3.05) is 20.3 Å². The molecular formula is C28H32N2O11S. The molecule has 2 aliphatic rings. The lowest BCUT2D eigenvalue weighted by atomic mass is 9.99. The van der Waals surface area contributed by atoms with E-state index >= 15 is 0 Å². The number of amides is 1. The van der Waals surface area contributed by atoms with Gasteiger partial charge in [-0.1, -0.05) is 30.0 Å². The minimum Gasteiger partial charge on any atom is -0.497 e. The number of methoxy groups -OCH3 is 1. The Bertz CT molecular complexity index is 1280. The fourth-order valence-corrected chi connectivity index (χ4v) is 5.34. The van der Waals surface area contributed by atoms with E-state index in [9.17, 15) is 24.0 Å². The quantitative estimate of drug-likeness (QED) is 0.166. The van der Waals surface area contributed by atoms with Crippen molar-refractivity contribution in [2.45, 2.75) is 57.5 Å².